The molecule has 0 N–H and O–H groups in total. The Balaban J connectivity index is 1.43. The van der Waals surface area contributed by atoms with Crippen molar-refractivity contribution in [2.24, 2.45) is 5.41 Å². The van der Waals surface area contributed by atoms with E-state index < -0.39 is 5.41 Å². The number of hydrogen-bond donors (Lipinski definition) is 0. The lowest BCUT2D eigenvalue weighted by atomic mass is 9.65. The van der Waals surface area contributed by atoms with Crippen LogP contribution in [0.2, 0.25) is 0 Å². The maximum absolute atomic E-state index is 13.7. The van der Waals surface area contributed by atoms with Crippen molar-refractivity contribution in [1.29, 1.82) is 0 Å². The first-order chi connectivity index (χ1) is 17.7. The third-order valence-electron chi connectivity index (χ3n) is 7.57. The van der Waals surface area contributed by atoms with Crippen LogP contribution in [-0.4, -0.2) is 47.6 Å². The zero-order valence-corrected chi connectivity index (χ0v) is 21.8. The number of carbonyl (C=O) groups is 2. The van der Waals surface area contributed by atoms with Crippen molar-refractivity contribution in [1.82, 2.24) is 9.88 Å². The molecular formula is C30H33FN2O4. The van der Waals surface area contributed by atoms with Gasteiger partial charge in [0.15, 0.2) is 0 Å². The van der Waals surface area contributed by atoms with Gasteiger partial charge in [0.25, 0.3) is 0 Å². The summed E-state index contributed by atoms with van der Waals surface area (Å²) in [6.07, 6.45) is 1.81. The second-order valence-corrected chi connectivity index (χ2v) is 10.6. The molecule has 37 heavy (non-hydrogen) atoms. The predicted octanol–water partition coefficient (Wildman–Crippen LogP) is 5.80. The van der Waals surface area contributed by atoms with Crippen LogP contribution in [0.15, 0.2) is 42.5 Å². The molecule has 194 valence electrons. The number of hydrogen-bond acceptors (Lipinski definition) is 5. The Hall–Kier alpha value is -3.48. The van der Waals surface area contributed by atoms with Crippen LogP contribution in [0.5, 0.6) is 5.88 Å². The standard InChI is InChI=1S/C30H33FN2O4/c1-5-36-25(34)17-33-13-12-30(29(33)35)15-22(16-30)37-28-24-14-19(4)6-11-23(24)26(27(32-28)18(2)3)20-7-9-21(31)10-8-20/h6-11,14,18,22H,5,12-13,15-17H2,1-4H3. The molecule has 1 amide bonds. The quantitative estimate of drug-likeness (QED) is 0.381. The highest BCUT2D eigenvalue weighted by molar-refractivity contribution is 6.00. The minimum atomic E-state index is -0.461. The fourth-order valence-corrected chi connectivity index (χ4v) is 5.68. The van der Waals surface area contributed by atoms with Crippen molar-refractivity contribution in [2.75, 3.05) is 19.7 Å². The van der Waals surface area contributed by atoms with E-state index in [4.69, 9.17) is 14.5 Å². The van der Waals surface area contributed by atoms with Gasteiger partial charge in [-0.3, -0.25) is 9.59 Å². The first-order valence-corrected chi connectivity index (χ1v) is 13.0. The van der Waals surface area contributed by atoms with Crippen molar-refractivity contribution in [3.63, 3.8) is 0 Å². The second kappa shape index (κ2) is 9.77. The normalized spacial score (nSPS) is 21.1. The van der Waals surface area contributed by atoms with E-state index in [0.29, 0.717) is 31.9 Å². The molecule has 6 nitrogen and oxygen atoms in total. The van der Waals surface area contributed by atoms with E-state index in [2.05, 4.69) is 32.0 Å². The zero-order valence-electron chi connectivity index (χ0n) is 21.8. The lowest BCUT2D eigenvalue weighted by Gasteiger charge is -2.43. The van der Waals surface area contributed by atoms with Crippen LogP contribution in [0.4, 0.5) is 4.39 Å². The average Bonchev–Trinajstić information content (AvgIpc) is 3.15. The van der Waals surface area contributed by atoms with Gasteiger partial charge >= 0.3 is 5.97 Å². The van der Waals surface area contributed by atoms with Crippen molar-refractivity contribution in [3.8, 4) is 17.0 Å². The van der Waals surface area contributed by atoms with Gasteiger partial charge in [-0.1, -0.05) is 43.7 Å². The number of ether oxygens (including phenoxy) is 2. The lowest BCUT2D eigenvalue weighted by molar-refractivity contribution is -0.153. The number of pyridine rings is 1. The topological polar surface area (TPSA) is 68.7 Å². The molecular weight excluding hydrogens is 471 g/mol. The molecule has 1 spiro atoms. The van der Waals surface area contributed by atoms with E-state index >= 15 is 0 Å². The maximum atomic E-state index is 13.7. The third kappa shape index (κ3) is 4.67. The molecule has 0 radical (unpaired) electrons. The monoisotopic (exact) mass is 504 g/mol. The highest BCUT2D eigenvalue weighted by atomic mass is 19.1. The fraction of sp³-hybridized carbons (Fsp3) is 0.433. The Kier molecular flexibility index (Phi) is 6.65. The summed E-state index contributed by atoms with van der Waals surface area (Å²) in [7, 11) is 0. The summed E-state index contributed by atoms with van der Waals surface area (Å²) in [5.41, 5.74) is 3.43. The van der Waals surface area contributed by atoms with E-state index in [1.54, 1.807) is 24.0 Å². The van der Waals surface area contributed by atoms with Gasteiger partial charge in [-0.05, 0) is 68.2 Å². The number of rotatable bonds is 7. The molecule has 5 rings (SSSR count). The number of esters is 1. The minimum Gasteiger partial charge on any atom is -0.474 e. The van der Waals surface area contributed by atoms with Gasteiger partial charge in [0, 0.05) is 17.5 Å². The maximum Gasteiger partial charge on any atom is 0.325 e. The van der Waals surface area contributed by atoms with Crippen molar-refractivity contribution < 1.29 is 23.5 Å². The summed E-state index contributed by atoms with van der Waals surface area (Å²) < 4.78 is 25.2. The molecule has 2 aliphatic rings. The van der Waals surface area contributed by atoms with Crippen LogP contribution in [0.3, 0.4) is 0 Å². The summed E-state index contributed by atoms with van der Waals surface area (Å²) in [5.74, 6) is 0.0665. The number of aryl methyl sites for hydroxylation is 1. The van der Waals surface area contributed by atoms with Gasteiger partial charge in [0.1, 0.15) is 18.5 Å². The van der Waals surface area contributed by atoms with E-state index in [1.165, 1.54) is 12.1 Å². The smallest absolute Gasteiger partial charge is 0.325 e. The fourth-order valence-electron chi connectivity index (χ4n) is 5.68. The van der Waals surface area contributed by atoms with Crippen LogP contribution in [0.1, 0.15) is 57.2 Å². The van der Waals surface area contributed by atoms with Crippen LogP contribution in [0.25, 0.3) is 21.9 Å². The zero-order chi connectivity index (χ0) is 26.3. The molecule has 3 aromatic rings. The molecule has 0 bridgehead atoms. The number of likely N-dealkylation sites (tertiary alicyclic amines) is 1. The molecule has 1 aliphatic carbocycles. The molecule has 1 saturated carbocycles. The van der Waals surface area contributed by atoms with Gasteiger partial charge < -0.3 is 14.4 Å². The first kappa shape index (κ1) is 25.2. The molecule has 1 saturated heterocycles. The SMILES string of the molecule is CCOC(=O)CN1CCC2(CC(Oc3nc(C(C)C)c(-c4ccc(F)cc4)c4ccc(C)cc34)C2)C1=O. The number of benzene rings is 2. The number of aromatic nitrogens is 1. The number of fused-ring (bicyclic) bond motifs is 1. The van der Waals surface area contributed by atoms with Gasteiger partial charge in [-0.25, -0.2) is 9.37 Å². The highest BCUT2D eigenvalue weighted by Crippen LogP contribution is 2.51. The Labute approximate surface area is 216 Å². The van der Waals surface area contributed by atoms with E-state index in [9.17, 15) is 14.0 Å². The lowest BCUT2D eigenvalue weighted by Crippen LogP contribution is -2.49. The summed E-state index contributed by atoms with van der Waals surface area (Å²) in [4.78, 5) is 31.6. The molecule has 0 atom stereocenters. The van der Waals surface area contributed by atoms with Crippen molar-refractivity contribution in [2.45, 2.75) is 59.0 Å². The van der Waals surface area contributed by atoms with Crippen LogP contribution < -0.4 is 4.74 Å². The Morgan fingerprint density at radius 3 is 2.57 bits per heavy atom. The molecule has 2 heterocycles. The third-order valence-corrected chi connectivity index (χ3v) is 7.57. The van der Waals surface area contributed by atoms with Gasteiger partial charge in [-0.15, -0.1) is 0 Å². The molecule has 2 aromatic carbocycles. The minimum absolute atomic E-state index is 0.00795. The molecule has 0 unspecified atom stereocenters. The molecule has 2 fully saturated rings. The van der Waals surface area contributed by atoms with Crippen molar-refractivity contribution in [3.05, 3.63) is 59.5 Å². The number of nitrogens with zero attached hydrogens (tertiary/aromatic N) is 2. The Morgan fingerprint density at radius 1 is 1.16 bits per heavy atom. The summed E-state index contributed by atoms with van der Waals surface area (Å²) >= 11 is 0. The average molecular weight is 505 g/mol. The summed E-state index contributed by atoms with van der Waals surface area (Å²) in [6.45, 7) is 8.85. The van der Waals surface area contributed by atoms with E-state index in [1.807, 2.05) is 6.92 Å². The molecule has 1 aliphatic heterocycles. The highest BCUT2D eigenvalue weighted by Gasteiger charge is 2.56. The predicted molar refractivity (Wildman–Crippen MR) is 140 cm³/mol. The van der Waals surface area contributed by atoms with Crippen LogP contribution in [0, 0.1) is 18.2 Å². The Morgan fingerprint density at radius 2 is 1.89 bits per heavy atom. The number of carbonyl (C=O) groups excluding carboxylic acids is 2. The second-order valence-electron chi connectivity index (χ2n) is 10.6. The van der Waals surface area contributed by atoms with Crippen LogP contribution >= 0.6 is 0 Å². The molecule has 1 aromatic heterocycles. The van der Waals surface area contributed by atoms with Crippen LogP contribution in [-0.2, 0) is 14.3 Å². The summed E-state index contributed by atoms with van der Waals surface area (Å²) in [5, 5.41) is 1.92. The summed E-state index contributed by atoms with van der Waals surface area (Å²) in [6, 6.07) is 12.8. The first-order valence-electron chi connectivity index (χ1n) is 13.0. The van der Waals surface area contributed by atoms with Gasteiger partial charge in [0.2, 0.25) is 11.8 Å². The van der Waals surface area contributed by atoms with Gasteiger partial charge in [0.05, 0.1) is 17.7 Å². The molecule has 7 heteroatoms. The largest absolute Gasteiger partial charge is 0.474 e. The van der Waals surface area contributed by atoms with E-state index in [0.717, 1.165) is 39.6 Å². The van der Waals surface area contributed by atoms with Crippen molar-refractivity contribution >= 4 is 22.6 Å². The van der Waals surface area contributed by atoms with E-state index in [-0.39, 0.29) is 36.3 Å². The number of amides is 1. The Bertz CT molecular complexity index is 1350. The number of halogens is 1. The van der Waals surface area contributed by atoms with Gasteiger partial charge in [-0.2, -0.15) is 0 Å².